The van der Waals surface area contributed by atoms with Gasteiger partial charge >= 0.3 is 0 Å². The fourth-order valence-electron chi connectivity index (χ4n) is 2.18. The van der Waals surface area contributed by atoms with Gasteiger partial charge in [-0.3, -0.25) is 0 Å². The summed E-state index contributed by atoms with van der Waals surface area (Å²) in [6.07, 6.45) is 5.15. The Morgan fingerprint density at radius 3 is 2.89 bits per heavy atom. The zero-order valence-corrected chi connectivity index (χ0v) is 11.2. The number of nitrogens with two attached hydrogens (primary N) is 1. The predicted molar refractivity (Wildman–Crippen MR) is 73.2 cm³/mol. The van der Waals surface area contributed by atoms with E-state index in [1.54, 1.807) is 18.2 Å². The summed E-state index contributed by atoms with van der Waals surface area (Å²) in [5, 5.41) is 3.47. The van der Waals surface area contributed by atoms with Crippen LogP contribution < -0.4 is 11.1 Å². The van der Waals surface area contributed by atoms with E-state index in [0.717, 1.165) is 18.9 Å². The number of hydrogen-bond donors (Lipinski definition) is 2. The molecule has 1 unspecified atom stereocenters. The highest BCUT2D eigenvalue weighted by Gasteiger charge is 2.20. The lowest BCUT2D eigenvalue weighted by molar-refractivity contribution is 0.489. The van der Waals surface area contributed by atoms with Crippen LogP contribution in [0.4, 0.5) is 4.39 Å². The first-order valence-corrected chi connectivity index (χ1v) is 6.97. The normalized spacial score (nSPS) is 16.8. The monoisotopic (exact) mass is 270 g/mol. The van der Waals surface area contributed by atoms with E-state index in [0.29, 0.717) is 12.1 Å². The molecule has 1 saturated carbocycles. The average Bonchev–Trinajstić information content (AvgIpc) is 3.18. The second kappa shape index (κ2) is 6.50. The molecule has 1 aliphatic rings. The van der Waals surface area contributed by atoms with Crippen LogP contribution in [-0.4, -0.2) is 13.1 Å². The lowest BCUT2D eigenvalue weighted by Gasteiger charge is -2.18. The summed E-state index contributed by atoms with van der Waals surface area (Å²) >= 11 is 5.78. The summed E-state index contributed by atoms with van der Waals surface area (Å²) in [4.78, 5) is 0. The van der Waals surface area contributed by atoms with Crippen molar-refractivity contribution < 1.29 is 4.39 Å². The Morgan fingerprint density at radius 1 is 1.44 bits per heavy atom. The topological polar surface area (TPSA) is 38.0 Å². The van der Waals surface area contributed by atoms with E-state index in [1.165, 1.54) is 19.3 Å². The van der Waals surface area contributed by atoms with Gasteiger partial charge in [0.2, 0.25) is 0 Å². The van der Waals surface area contributed by atoms with Gasteiger partial charge < -0.3 is 11.1 Å². The molecule has 1 atom stereocenters. The van der Waals surface area contributed by atoms with Crippen molar-refractivity contribution in [2.75, 3.05) is 13.1 Å². The molecule has 1 aliphatic carbocycles. The molecular weight excluding hydrogens is 251 g/mol. The van der Waals surface area contributed by atoms with E-state index >= 15 is 0 Å². The summed E-state index contributed by atoms with van der Waals surface area (Å²) in [5.41, 5.74) is 6.27. The van der Waals surface area contributed by atoms with E-state index in [9.17, 15) is 4.39 Å². The Bertz CT molecular complexity index is 393. The van der Waals surface area contributed by atoms with Gasteiger partial charge in [0, 0.05) is 18.2 Å². The second-order valence-corrected chi connectivity index (χ2v) is 5.38. The van der Waals surface area contributed by atoms with Gasteiger partial charge in [0.15, 0.2) is 0 Å². The Hall–Kier alpha value is -0.640. The number of halogens is 2. The number of hydrogen-bond acceptors (Lipinski definition) is 2. The van der Waals surface area contributed by atoms with Crippen molar-refractivity contribution in [3.05, 3.63) is 34.6 Å². The SMILES string of the molecule is NCC(NCCCC1CC1)c1cccc(Cl)c1F. The van der Waals surface area contributed by atoms with Gasteiger partial charge in [-0.25, -0.2) is 4.39 Å². The molecule has 1 aromatic rings. The molecule has 4 heteroatoms. The van der Waals surface area contributed by atoms with E-state index in [1.807, 2.05) is 0 Å². The molecule has 0 amide bonds. The van der Waals surface area contributed by atoms with Crippen LogP contribution >= 0.6 is 11.6 Å². The fraction of sp³-hybridized carbons (Fsp3) is 0.571. The third-order valence-corrected chi connectivity index (χ3v) is 3.76. The van der Waals surface area contributed by atoms with Crippen molar-refractivity contribution in [1.29, 1.82) is 0 Å². The van der Waals surface area contributed by atoms with Gasteiger partial charge in [-0.05, 0) is 31.4 Å². The third-order valence-electron chi connectivity index (χ3n) is 3.47. The van der Waals surface area contributed by atoms with Crippen LogP contribution in [0, 0.1) is 11.7 Å². The van der Waals surface area contributed by atoms with E-state index in [-0.39, 0.29) is 16.9 Å². The molecule has 0 radical (unpaired) electrons. The maximum atomic E-state index is 13.9. The zero-order valence-electron chi connectivity index (χ0n) is 10.5. The fourth-order valence-corrected chi connectivity index (χ4v) is 2.37. The highest BCUT2D eigenvalue weighted by Crippen LogP contribution is 2.33. The first kappa shape index (κ1) is 13.8. The van der Waals surface area contributed by atoms with Crippen LogP contribution in [0.1, 0.15) is 37.3 Å². The van der Waals surface area contributed by atoms with Crippen molar-refractivity contribution in [1.82, 2.24) is 5.32 Å². The minimum absolute atomic E-state index is 0.150. The largest absolute Gasteiger partial charge is 0.329 e. The molecule has 0 saturated heterocycles. The molecule has 0 aromatic heterocycles. The smallest absolute Gasteiger partial charge is 0.146 e. The number of rotatable bonds is 7. The number of benzene rings is 1. The molecule has 3 N–H and O–H groups in total. The zero-order chi connectivity index (χ0) is 13.0. The van der Waals surface area contributed by atoms with Crippen molar-refractivity contribution >= 4 is 11.6 Å². The van der Waals surface area contributed by atoms with Gasteiger partial charge in [0.05, 0.1) is 5.02 Å². The van der Waals surface area contributed by atoms with Gasteiger partial charge in [-0.2, -0.15) is 0 Å². The maximum absolute atomic E-state index is 13.9. The van der Waals surface area contributed by atoms with Crippen molar-refractivity contribution in [2.24, 2.45) is 11.7 Å². The molecule has 0 heterocycles. The molecule has 100 valence electrons. The van der Waals surface area contributed by atoms with Crippen LogP contribution in [0.25, 0.3) is 0 Å². The summed E-state index contributed by atoms with van der Waals surface area (Å²) in [7, 11) is 0. The van der Waals surface area contributed by atoms with Crippen LogP contribution in [0.2, 0.25) is 5.02 Å². The molecule has 2 rings (SSSR count). The van der Waals surface area contributed by atoms with Gasteiger partial charge in [0.1, 0.15) is 5.82 Å². The molecule has 2 nitrogen and oxygen atoms in total. The third kappa shape index (κ3) is 3.67. The molecule has 0 bridgehead atoms. The Kier molecular flexibility index (Phi) is 4.98. The van der Waals surface area contributed by atoms with Crippen LogP contribution in [0.5, 0.6) is 0 Å². The van der Waals surface area contributed by atoms with E-state index in [4.69, 9.17) is 17.3 Å². The molecule has 1 aromatic carbocycles. The van der Waals surface area contributed by atoms with Gasteiger partial charge in [-0.15, -0.1) is 0 Å². The van der Waals surface area contributed by atoms with Crippen LogP contribution in [0.15, 0.2) is 18.2 Å². The first-order valence-electron chi connectivity index (χ1n) is 6.59. The molecule has 0 aliphatic heterocycles. The Labute approximate surface area is 113 Å². The molecular formula is C14H20ClFN2. The van der Waals surface area contributed by atoms with Crippen molar-refractivity contribution in [3.63, 3.8) is 0 Å². The van der Waals surface area contributed by atoms with Gasteiger partial charge in [-0.1, -0.05) is 36.6 Å². The van der Waals surface area contributed by atoms with Crippen molar-refractivity contribution in [2.45, 2.75) is 31.7 Å². The lowest BCUT2D eigenvalue weighted by atomic mass is 10.1. The summed E-state index contributed by atoms with van der Waals surface area (Å²) < 4.78 is 13.9. The standard InChI is InChI=1S/C14H20ClFN2/c15-12-5-1-4-11(14(12)16)13(9-17)18-8-2-3-10-6-7-10/h1,4-5,10,13,18H,2-3,6-9,17H2. The highest BCUT2D eigenvalue weighted by molar-refractivity contribution is 6.30. The minimum Gasteiger partial charge on any atom is -0.329 e. The average molecular weight is 271 g/mol. The highest BCUT2D eigenvalue weighted by atomic mass is 35.5. The number of nitrogens with one attached hydrogen (secondary N) is 1. The van der Waals surface area contributed by atoms with Gasteiger partial charge in [0.25, 0.3) is 0 Å². The predicted octanol–water partition coefficient (Wildman–Crippen LogP) is 3.26. The Morgan fingerprint density at radius 2 is 2.22 bits per heavy atom. The first-order chi connectivity index (χ1) is 8.72. The maximum Gasteiger partial charge on any atom is 0.146 e. The van der Waals surface area contributed by atoms with E-state index < -0.39 is 0 Å². The summed E-state index contributed by atoms with van der Waals surface area (Å²) in [5.74, 6) is 0.579. The second-order valence-electron chi connectivity index (χ2n) is 4.97. The van der Waals surface area contributed by atoms with Crippen LogP contribution in [0.3, 0.4) is 0 Å². The lowest BCUT2D eigenvalue weighted by Crippen LogP contribution is -2.29. The van der Waals surface area contributed by atoms with Crippen molar-refractivity contribution in [3.8, 4) is 0 Å². The quantitative estimate of drug-likeness (QED) is 0.747. The molecule has 1 fully saturated rings. The molecule has 0 spiro atoms. The van der Waals surface area contributed by atoms with Crippen LogP contribution in [-0.2, 0) is 0 Å². The van der Waals surface area contributed by atoms with E-state index in [2.05, 4.69) is 5.32 Å². The Balaban J connectivity index is 1.87. The summed E-state index contributed by atoms with van der Waals surface area (Å²) in [6, 6.07) is 4.91. The molecule has 18 heavy (non-hydrogen) atoms. The summed E-state index contributed by atoms with van der Waals surface area (Å²) in [6.45, 7) is 1.25. The minimum atomic E-state index is -0.357.